The smallest absolute Gasteiger partial charge is 0.127 e. The molecule has 0 radical (unpaired) electrons. The molecule has 0 spiro atoms. The van der Waals surface area contributed by atoms with E-state index < -0.39 is 0 Å². The summed E-state index contributed by atoms with van der Waals surface area (Å²) < 4.78 is 12.4. The molecule has 1 atom stereocenters. The SMILES string of the molecule is CCc1cc(C(N)c2ccc(OC)cc2OC)n(C)n1. The van der Waals surface area contributed by atoms with E-state index >= 15 is 0 Å². The zero-order valence-corrected chi connectivity index (χ0v) is 12.4. The molecule has 0 amide bonds. The van der Waals surface area contributed by atoms with Crippen molar-refractivity contribution in [1.82, 2.24) is 9.78 Å². The summed E-state index contributed by atoms with van der Waals surface area (Å²) in [5.74, 6) is 1.47. The quantitative estimate of drug-likeness (QED) is 0.907. The molecular formula is C15H21N3O2. The van der Waals surface area contributed by atoms with Gasteiger partial charge in [0.1, 0.15) is 11.5 Å². The number of nitrogens with zero attached hydrogens (tertiary/aromatic N) is 2. The van der Waals surface area contributed by atoms with E-state index in [-0.39, 0.29) is 6.04 Å². The summed E-state index contributed by atoms with van der Waals surface area (Å²) in [4.78, 5) is 0. The molecule has 0 bridgehead atoms. The Morgan fingerprint density at radius 2 is 2.00 bits per heavy atom. The first-order valence-corrected chi connectivity index (χ1v) is 6.61. The molecule has 1 aromatic carbocycles. The van der Waals surface area contributed by atoms with Crippen LogP contribution in [0.15, 0.2) is 24.3 Å². The van der Waals surface area contributed by atoms with Gasteiger partial charge in [-0.3, -0.25) is 4.68 Å². The first-order valence-electron chi connectivity index (χ1n) is 6.61. The lowest BCUT2D eigenvalue weighted by Gasteiger charge is -2.16. The van der Waals surface area contributed by atoms with Crippen LogP contribution in [-0.4, -0.2) is 24.0 Å². The van der Waals surface area contributed by atoms with Crippen LogP contribution in [0, 0.1) is 0 Å². The maximum Gasteiger partial charge on any atom is 0.127 e. The fourth-order valence-electron chi connectivity index (χ4n) is 2.24. The second-order valence-corrected chi connectivity index (χ2v) is 4.62. The third kappa shape index (κ3) is 2.63. The third-order valence-corrected chi connectivity index (χ3v) is 3.42. The van der Waals surface area contributed by atoms with E-state index in [0.29, 0.717) is 0 Å². The second-order valence-electron chi connectivity index (χ2n) is 4.62. The number of nitrogens with two attached hydrogens (primary N) is 1. The van der Waals surface area contributed by atoms with Crippen molar-refractivity contribution in [1.29, 1.82) is 0 Å². The number of ether oxygens (including phenoxy) is 2. The van der Waals surface area contributed by atoms with Gasteiger partial charge < -0.3 is 15.2 Å². The van der Waals surface area contributed by atoms with Gasteiger partial charge in [0.2, 0.25) is 0 Å². The Kier molecular flexibility index (Phi) is 4.29. The van der Waals surface area contributed by atoms with Gasteiger partial charge in [-0.05, 0) is 24.6 Å². The summed E-state index contributed by atoms with van der Waals surface area (Å²) in [6.45, 7) is 2.08. The molecule has 0 aliphatic heterocycles. The molecular weight excluding hydrogens is 254 g/mol. The van der Waals surface area contributed by atoms with E-state index in [9.17, 15) is 0 Å². The molecule has 1 unspecified atom stereocenters. The highest BCUT2D eigenvalue weighted by molar-refractivity contribution is 5.45. The zero-order chi connectivity index (χ0) is 14.7. The van der Waals surface area contributed by atoms with Gasteiger partial charge in [-0.15, -0.1) is 0 Å². The lowest BCUT2D eigenvalue weighted by Crippen LogP contribution is -2.16. The van der Waals surface area contributed by atoms with Crippen LogP contribution in [-0.2, 0) is 13.5 Å². The number of hydrogen-bond acceptors (Lipinski definition) is 4. The molecule has 5 nitrogen and oxygen atoms in total. The fourth-order valence-corrected chi connectivity index (χ4v) is 2.24. The van der Waals surface area contributed by atoms with Gasteiger partial charge in [0.05, 0.1) is 31.6 Å². The molecule has 0 aliphatic rings. The number of rotatable bonds is 5. The lowest BCUT2D eigenvalue weighted by atomic mass is 10.0. The molecule has 0 aliphatic carbocycles. The first kappa shape index (κ1) is 14.4. The summed E-state index contributed by atoms with van der Waals surface area (Å²) in [5, 5.41) is 4.44. The molecule has 2 rings (SSSR count). The molecule has 1 heterocycles. The standard InChI is InChI=1S/C15H21N3O2/c1-5-10-8-13(18(2)17-10)15(16)12-7-6-11(19-3)9-14(12)20-4/h6-9,15H,5,16H2,1-4H3. The maximum atomic E-state index is 6.37. The van der Waals surface area contributed by atoms with Crippen LogP contribution in [0.5, 0.6) is 11.5 Å². The first-order chi connectivity index (χ1) is 9.60. The van der Waals surface area contributed by atoms with Gasteiger partial charge in [0.25, 0.3) is 0 Å². The van der Waals surface area contributed by atoms with E-state index in [1.807, 2.05) is 36.0 Å². The highest BCUT2D eigenvalue weighted by Crippen LogP contribution is 2.31. The van der Waals surface area contributed by atoms with Crippen LogP contribution in [0.4, 0.5) is 0 Å². The number of hydrogen-bond donors (Lipinski definition) is 1. The van der Waals surface area contributed by atoms with E-state index in [4.69, 9.17) is 15.2 Å². The summed E-state index contributed by atoms with van der Waals surface area (Å²) in [6.07, 6.45) is 0.889. The van der Waals surface area contributed by atoms with Gasteiger partial charge in [-0.1, -0.05) is 6.92 Å². The van der Waals surface area contributed by atoms with Crippen LogP contribution in [0.25, 0.3) is 0 Å². The Morgan fingerprint density at radius 3 is 2.55 bits per heavy atom. The summed E-state index contributed by atoms with van der Waals surface area (Å²) >= 11 is 0. The second kappa shape index (κ2) is 5.96. The molecule has 20 heavy (non-hydrogen) atoms. The molecule has 2 aromatic rings. The Bertz CT molecular complexity index is 593. The van der Waals surface area contributed by atoms with Crippen LogP contribution in [0.3, 0.4) is 0 Å². The van der Waals surface area contributed by atoms with Crippen molar-refractivity contribution in [2.75, 3.05) is 14.2 Å². The number of aromatic nitrogens is 2. The van der Waals surface area contributed by atoms with Crippen molar-refractivity contribution < 1.29 is 9.47 Å². The van der Waals surface area contributed by atoms with Crippen molar-refractivity contribution in [2.24, 2.45) is 12.8 Å². The van der Waals surface area contributed by atoms with Gasteiger partial charge in [0.15, 0.2) is 0 Å². The highest BCUT2D eigenvalue weighted by atomic mass is 16.5. The Morgan fingerprint density at radius 1 is 1.25 bits per heavy atom. The van der Waals surface area contributed by atoms with Crippen molar-refractivity contribution >= 4 is 0 Å². The predicted molar refractivity (Wildman–Crippen MR) is 78.2 cm³/mol. The largest absolute Gasteiger partial charge is 0.497 e. The molecule has 0 saturated heterocycles. The minimum atomic E-state index is -0.284. The molecule has 2 N–H and O–H groups in total. The predicted octanol–water partition coefficient (Wildman–Crippen LogP) is 2.05. The van der Waals surface area contributed by atoms with E-state index in [1.54, 1.807) is 14.2 Å². The maximum absolute atomic E-state index is 6.37. The van der Waals surface area contributed by atoms with E-state index in [1.165, 1.54) is 0 Å². The zero-order valence-electron chi connectivity index (χ0n) is 12.4. The normalized spacial score (nSPS) is 12.2. The lowest BCUT2D eigenvalue weighted by molar-refractivity contribution is 0.389. The van der Waals surface area contributed by atoms with Crippen molar-refractivity contribution in [3.63, 3.8) is 0 Å². The third-order valence-electron chi connectivity index (χ3n) is 3.42. The van der Waals surface area contributed by atoms with Crippen molar-refractivity contribution in [2.45, 2.75) is 19.4 Å². The minimum absolute atomic E-state index is 0.284. The number of benzene rings is 1. The summed E-state index contributed by atoms with van der Waals surface area (Å²) in [6, 6.07) is 7.41. The summed E-state index contributed by atoms with van der Waals surface area (Å²) in [7, 11) is 5.17. The van der Waals surface area contributed by atoms with Crippen molar-refractivity contribution in [3.8, 4) is 11.5 Å². The average Bonchev–Trinajstić information content (AvgIpc) is 2.86. The summed E-state index contributed by atoms with van der Waals surface area (Å²) in [5.41, 5.74) is 9.28. The average molecular weight is 275 g/mol. The monoisotopic (exact) mass is 275 g/mol. The Balaban J connectivity index is 2.41. The van der Waals surface area contributed by atoms with Gasteiger partial charge in [0, 0.05) is 18.7 Å². The number of methoxy groups -OCH3 is 2. The molecule has 1 aromatic heterocycles. The van der Waals surface area contributed by atoms with Crippen LogP contribution in [0.2, 0.25) is 0 Å². The minimum Gasteiger partial charge on any atom is -0.497 e. The molecule has 0 fully saturated rings. The van der Waals surface area contributed by atoms with Gasteiger partial charge in [-0.25, -0.2) is 0 Å². The van der Waals surface area contributed by atoms with E-state index in [0.717, 1.165) is 34.9 Å². The topological polar surface area (TPSA) is 62.3 Å². The molecule has 0 saturated carbocycles. The van der Waals surface area contributed by atoms with Crippen LogP contribution >= 0.6 is 0 Å². The van der Waals surface area contributed by atoms with E-state index in [2.05, 4.69) is 12.0 Å². The Labute approximate surface area is 119 Å². The van der Waals surface area contributed by atoms with Gasteiger partial charge in [-0.2, -0.15) is 5.10 Å². The highest BCUT2D eigenvalue weighted by Gasteiger charge is 2.18. The number of aryl methyl sites for hydroxylation is 2. The molecule has 5 heteroatoms. The van der Waals surface area contributed by atoms with Gasteiger partial charge >= 0.3 is 0 Å². The van der Waals surface area contributed by atoms with Crippen LogP contribution < -0.4 is 15.2 Å². The Hall–Kier alpha value is -2.01. The van der Waals surface area contributed by atoms with Crippen molar-refractivity contribution in [3.05, 3.63) is 41.2 Å². The fraction of sp³-hybridized carbons (Fsp3) is 0.400. The molecule has 108 valence electrons. The van der Waals surface area contributed by atoms with Crippen LogP contribution in [0.1, 0.15) is 29.9 Å².